The van der Waals surface area contributed by atoms with Crippen molar-refractivity contribution >= 4 is 23.2 Å². The third-order valence-electron chi connectivity index (χ3n) is 1.49. The van der Waals surface area contributed by atoms with Crippen LogP contribution in [0, 0.1) is 6.92 Å². The first-order valence-electron chi connectivity index (χ1n) is 4.01. The molecule has 5 nitrogen and oxygen atoms in total. The minimum absolute atomic E-state index is 0.304. The molecule has 0 radical (unpaired) electrons. The van der Waals surface area contributed by atoms with Gasteiger partial charge in [0.25, 0.3) is 0 Å². The summed E-state index contributed by atoms with van der Waals surface area (Å²) in [4.78, 5) is 24.9. The fourth-order valence-electron chi connectivity index (χ4n) is 0.876. The van der Waals surface area contributed by atoms with Crippen molar-refractivity contribution in [3.8, 4) is 0 Å². The lowest BCUT2D eigenvalue weighted by Crippen LogP contribution is -2.32. The maximum absolute atomic E-state index is 10.6. The van der Waals surface area contributed by atoms with Crippen LogP contribution >= 0.6 is 11.3 Å². The van der Waals surface area contributed by atoms with Gasteiger partial charge in [0.2, 0.25) is 0 Å². The van der Waals surface area contributed by atoms with Gasteiger partial charge in [0.15, 0.2) is 0 Å². The molecule has 0 spiro atoms. The summed E-state index contributed by atoms with van der Waals surface area (Å²) in [6, 6.07) is 0. The number of hydrogen-bond donors (Lipinski definition) is 2. The molecule has 76 valence electrons. The standard InChI is InChI=1S/C8H10N2O3S/c1-5-4-14-6(10-5)2-3-9-7(11)8(12)13/h4H,2-3H2,1H3,(H,9,11)(H,12,13). The summed E-state index contributed by atoms with van der Waals surface area (Å²) in [6.07, 6.45) is 0.567. The molecule has 0 aliphatic rings. The maximum Gasteiger partial charge on any atom is 0.394 e. The van der Waals surface area contributed by atoms with Crippen LogP contribution in [-0.4, -0.2) is 28.5 Å². The van der Waals surface area contributed by atoms with E-state index in [1.54, 1.807) is 0 Å². The molecule has 2 N–H and O–H groups in total. The van der Waals surface area contributed by atoms with Crippen molar-refractivity contribution in [1.82, 2.24) is 10.3 Å². The Balaban J connectivity index is 2.29. The third kappa shape index (κ3) is 3.14. The minimum atomic E-state index is -1.46. The molecule has 1 aromatic rings. The third-order valence-corrected chi connectivity index (χ3v) is 2.51. The number of rotatable bonds is 3. The normalized spacial score (nSPS) is 9.79. The van der Waals surface area contributed by atoms with Crippen molar-refractivity contribution in [2.45, 2.75) is 13.3 Å². The molecule has 0 aromatic carbocycles. The quantitative estimate of drug-likeness (QED) is 0.704. The van der Waals surface area contributed by atoms with E-state index in [0.29, 0.717) is 13.0 Å². The summed E-state index contributed by atoms with van der Waals surface area (Å²) in [5.41, 5.74) is 0.939. The zero-order valence-corrected chi connectivity index (χ0v) is 8.43. The highest BCUT2D eigenvalue weighted by molar-refractivity contribution is 7.09. The van der Waals surface area contributed by atoms with Crippen molar-refractivity contribution in [3.05, 3.63) is 16.1 Å². The van der Waals surface area contributed by atoms with E-state index in [4.69, 9.17) is 5.11 Å². The Morgan fingerprint density at radius 3 is 2.86 bits per heavy atom. The average Bonchev–Trinajstić information content (AvgIpc) is 2.51. The summed E-state index contributed by atoms with van der Waals surface area (Å²) in [7, 11) is 0. The zero-order chi connectivity index (χ0) is 10.6. The summed E-state index contributed by atoms with van der Waals surface area (Å²) in [5, 5.41) is 13.3. The van der Waals surface area contributed by atoms with Crippen molar-refractivity contribution in [3.63, 3.8) is 0 Å². The van der Waals surface area contributed by atoms with Gasteiger partial charge >= 0.3 is 11.9 Å². The van der Waals surface area contributed by atoms with Crippen LogP contribution in [0.4, 0.5) is 0 Å². The number of nitrogens with zero attached hydrogens (tertiary/aromatic N) is 1. The van der Waals surface area contributed by atoms with E-state index in [1.807, 2.05) is 12.3 Å². The first kappa shape index (κ1) is 10.6. The molecule has 0 aliphatic carbocycles. The number of carboxylic acids is 1. The van der Waals surface area contributed by atoms with Gasteiger partial charge in [-0.15, -0.1) is 11.3 Å². The van der Waals surface area contributed by atoms with Gasteiger partial charge in [-0.2, -0.15) is 0 Å². The van der Waals surface area contributed by atoms with E-state index in [1.165, 1.54) is 11.3 Å². The molecule has 1 amide bonds. The fourth-order valence-corrected chi connectivity index (χ4v) is 1.65. The number of aromatic nitrogens is 1. The average molecular weight is 214 g/mol. The summed E-state index contributed by atoms with van der Waals surface area (Å²) < 4.78 is 0. The smallest absolute Gasteiger partial charge is 0.394 e. The SMILES string of the molecule is Cc1csc(CCNC(=O)C(=O)O)n1. The molecule has 0 unspecified atom stereocenters. The molecule has 0 aliphatic heterocycles. The molecule has 0 fully saturated rings. The van der Waals surface area contributed by atoms with Gasteiger partial charge < -0.3 is 10.4 Å². The largest absolute Gasteiger partial charge is 0.474 e. The Hall–Kier alpha value is -1.43. The Morgan fingerprint density at radius 2 is 2.36 bits per heavy atom. The predicted octanol–water partition coefficient (Wildman–Crippen LogP) is 0.195. The van der Waals surface area contributed by atoms with E-state index < -0.39 is 11.9 Å². The highest BCUT2D eigenvalue weighted by Gasteiger charge is 2.09. The Kier molecular flexibility index (Phi) is 3.58. The summed E-state index contributed by atoms with van der Waals surface area (Å²) in [6.45, 7) is 2.19. The second kappa shape index (κ2) is 4.71. The molecule has 0 saturated heterocycles. The van der Waals surface area contributed by atoms with Crippen LogP contribution in [-0.2, 0) is 16.0 Å². The number of amides is 1. The first-order chi connectivity index (χ1) is 6.59. The van der Waals surface area contributed by atoms with Gasteiger partial charge in [-0.3, -0.25) is 4.79 Å². The number of thiazole rings is 1. The van der Waals surface area contributed by atoms with Gasteiger partial charge in [-0.1, -0.05) is 0 Å². The van der Waals surface area contributed by atoms with E-state index in [0.717, 1.165) is 10.7 Å². The number of carbonyl (C=O) groups is 2. The van der Waals surface area contributed by atoms with Crippen molar-refractivity contribution < 1.29 is 14.7 Å². The topological polar surface area (TPSA) is 79.3 Å². The molecule has 1 heterocycles. The Labute approximate surface area is 84.8 Å². The van der Waals surface area contributed by atoms with E-state index in [2.05, 4.69) is 10.3 Å². The predicted molar refractivity (Wildman–Crippen MR) is 51.2 cm³/mol. The molecule has 6 heteroatoms. The van der Waals surface area contributed by atoms with Gasteiger partial charge in [-0.05, 0) is 6.92 Å². The second-order valence-electron chi connectivity index (χ2n) is 2.69. The van der Waals surface area contributed by atoms with Crippen LogP contribution in [0.5, 0.6) is 0 Å². The molecule has 14 heavy (non-hydrogen) atoms. The molecule has 1 rings (SSSR count). The van der Waals surface area contributed by atoms with Crippen LogP contribution in [0.3, 0.4) is 0 Å². The lowest BCUT2D eigenvalue weighted by molar-refractivity contribution is -0.150. The van der Waals surface area contributed by atoms with E-state index in [9.17, 15) is 9.59 Å². The van der Waals surface area contributed by atoms with E-state index in [-0.39, 0.29) is 0 Å². The van der Waals surface area contributed by atoms with Gasteiger partial charge in [0, 0.05) is 24.0 Å². The van der Waals surface area contributed by atoms with Crippen LogP contribution in [0.2, 0.25) is 0 Å². The molecule has 0 bridgehead atoms. The number of carboxylic acid groups (broad SMARTS) is 1. The Bertz CT molecular complexity index is 348. The van der Waals surface area contributed by atoms with Crippen molar-refractivity contribution in [2.24, 2.45) is 0 Å². The number of hydrogen-bond acceptors (Lipinski definition) is 4. The highest BCUT2D eigenvalue weighted by Crippen LogP contribution is 2.08. The zero-order valence-electron chi connectivity index (χ0n) is 7.61. The Morgan fingerprint density at radius 1 is 1.64 bits per heavy atom. The lowest BCUT2D eigenvalue weighted by Gasteiger charge is -1.98. The number of aryl methyl sites for hydroxylation is 1. The van der Waals surface area contributed by atoms with Crippen LogP contribution in [0.25, 0.3) is 0 Å². The monoisotopic (exact) mass is 214 g/mol. The van der Waals surface area contributed by atoms with Crippen molar-refractivity contribution in [2.75, 3.05) is 6.54 Å². The molecule has 0 saturated carbocycles. The molecular weight excluding hydrogens is 204 g/mol. The minimum Gasteiger partial charge on any atom is -0.474 e. The molecule has 1 aromatic heterocycles. The van der Waals surface area contributed by atoms with Crippen LogP contribution in [0.1, 0.15) is 10.7 Å². The van der Waals surface area contributed by atoms with Gasteiger partial charge in [0.1, 0.15) is 0 Å². The van der Waals surface area contributed by atoms with Crippen molar-refractivity contribution in [1.29, 1.82) is 0 Å². The summed E-state index contributed by atoms with van der Waals surface area (Å²) in [5.74, 6) is -2.43. The molecular formula is C8H10N2O3S. The lowest BCUT2D eigenvalue weighted by atomic mass is 10.4. The van der Waals surface area contributed by atoms with Gasteiger partial charge in [0.05, 0.1) is 5.01 Å². The second-order valence-corrected chi connectivity index (χ2v) is 3.64. The first-order valence-corrected chi connectivity index (χ1v) is 4.89. The molecule has 0 atom stereocenters. The number of nitrogens with one attached hydrogen (secondary N) is 1. The number of carbonyl (C=O) groups excluding carboxylic acids is 1. The van der Waals surface area contributed by atoms with E-state index >= 15 is 0 Å². The van der Waals surface area contributed by atoms with Crippen LogP contribution in [0.15, 0.2) is 5.38 Å². The number of aliphatic carboxylic acids is 1. The summed E-state index contributed by atoms with van der Waals surface area (Å²) >= 11 is 1.50. The van der Waals surface area contributed by atoms with Crippen LogP contribution < -0.4 is 5.32 Å². The maximum atomic E-state index is 10.6. The fraction of sp³-hybridized carbons (Fsp3) is 0.375. The van der Waals surface area contributed by atoms with Gasteiger partial charge in [-0.25, -0.2) is 9.78 Å². The highest BCUT2D eigenvalue weighted by atomic mass is 32.1.